The van der Waals surface area contributed by atoms with E-state index in [1.165, 1.54) is 16.2 Å². The van der Waals surface area contributed by atoms with Crippen LogP contribution in [-0.4, -0.2) is 34.5 Å². The Morgan fingerprint density at radius 3 is 2.62 bits per heavy atom. The maximum atomic E-state index is 12.7. The van der Waals surface area contributed by atoms with Crippen molar-refractivity contribution >= 4 is 39.5 Å². The van der Waals surface area contributed by atoms with E-state index >= 15 is 0 Å². The van der Waals surface area contributed by atoms with Crippen molar-refractivity contribution < 1.29 is 9.53 Å². The molecule has 0 bridgehead atoms. The zero-order chi connectivity index (χ0) is 18.3. The lowest BCUT2D eigenvalue weighted by Gasteiger charge is -2.10. The molecule has 0 unspecified atom stereocenters. The van der Waals surface area contributed by atoms with Gasteiger partial charge in [0.1, 0.15) is 5.75 Å². The highest BCUT2D eigenvalue weighted by Crippen LogP contribution is 2.16. The molecule has 2 heterocycles. The first-order valence-electron chi connectivity index (χ1n) is 7.94. The van der Waals surface area contributed by atoms with Gasteiger partial charge in [0.25, 0.3) is 5.56 Å². The number of hydrogen-bond donors (Lipinski definition) is 0. The fraction of sp³-hybridized carbons (Fsp3) is 0.105. The molecule has 2 aromatic heterocycles. The zero-order valence-corrected chi connectivity index (χ0v) is 15.0. The van der Waals surface area contributed by atoms with E-state index < -0.39 is 6.09 Å². The Morgan fingerprint density at radius 1 is 1.15 bits per heavy atom. The molecule has 4 rings (SSSR count). The number of amides is 1. The van der Waals surface area contributed by atoms with E-state index in [1.807, 2.05) is 30.3 Å². The highest BCUT2D eigenvalue weighted by Gasteiger charge is 2.10. The van der Waals surface area contributed by atoms with Crippen molar-refractivity contribution in [1.29, 1.82) is 0 Å². The van der Waals surface area contributed by atoms with E-state index in [4.69, 9.17) is 4.74 Å². The van der Waals surface area contributed by atoms with E-state index in [2.05, 4.69) is 4.98 Å². The van der Waals surface area contributed by atoms with E-state index in [0.29, 0.717) is 15.2 Å². The van der Waals surface area contributed by atoms with Gasteiger partial charge >= 0.3 is 6.09 Å². The fourth-order valence-corrected chi connectivity index (χ4v) is 3.57. The van der Waals surface area contributed by atoms with Crippen molar-refractivity contribution in [2.45, 2.75) is 0 Å². The van der Waals surface area contributed by atoms with Crippen molar-refractivity contribution in [1.82, 2.24) is 14.3 Å². The maximum Gasteiger partial charge on any atom is 0.414 e. The third kappa shape index (κ3) is 2.82. The summed E-state index contributed by atoms with van der Waals surface area (Å²) in [4.78, 5) is 30.8. The topological polar surface area (TPSA) is 63.9 Å². The number of carbonyl (C=O) groups excluding carboxylic acids is 1. The second-order valence-corrected chi connectivity index (χ2v) is 6.97. The van der Waals surface area contributed by atoms with Crippen LogP contribution in [-0.2, 0) is 0 Å². The standard InChI is InChI=1S/C19H15N3O3S/c1-21(2)19(24)25-13-9-7-12(8-10-13)11-16-17(23)22-15-6-4-3-5-14(15)20-18(22)26-16/h3-11H,1-2H3/b16-11-. The number of imidazole rings is 1. The van der Waals surface area contributed by atoms with Crippen LogP contribution in [0.3, 0.4) is 0 Å². The van der Waals surface area contributed by atoms with Crippen molar-refractivity contribution in [2.24, 2.45) is 0 Å². The molecule has 7 heteroatoms. The lowest BCUT2D eigenvalue weighted by atomic mass is 10.2. The van der Waals surface area contributed by atoms with E-state index in [9.17, 15) is 9.59 Å². The molecule has 26 heavy (non-hydrogen) atoms. The molecule has 6 nitrogen and oxygen atoms in total. The molecule has 0 radical (unpaired) electrons. The number of carbonyl (C=O) groups is 1. The zero-order valence-electron chi connectivity index (χ0n) is 14.2. The molecule has 0 spiro atoms. The number of hydrogen-bond acceptors (Lipinski definition) is 5. The van der Waals surface area contributed by atoms with Crippen LogP contribution in [0.25, 0.3) is 22.1 Å². The normalized spacial score (nSPS) is 12.0. The van der Waals surface area contributed by atoms with Crippen LogP contribution in [0.1, 0.15) is 5.56 Å². The highest BCUT2D eigenvalue weighted by molar-refractivity contribution is 7.15. The van der Waals surface area contributed by atoms with Crippen LogP contribution in [0.15, 0.2) is 53.3 Å². The molecule has 0 fully saturated rings. The molecule has 0 N–H and O–H groups in total. The van der Waals surface area contributed by atoms with Gasteiger partial charge in [0, 0.05) is 14.1 Å². The molecular formula is C19H15N3O3S. The summed E-state index contributed by atoms with van der Waals surface area (Å²) in [6.45, 7) is 0. The molecule has 1 amide bonds. The summed E-state index contributed by atoms with van der Waals surface area (Å²) in [5.41, 5.74) is 2.39. The third-order valence-corrected chi connectivity index (χ3v) is 4.86. The van der Waals surface area contributed by atoms with Crippen LogP contribution in [0.2, 0.25) is 0 Å². The predicted molar refractivity (Wildman–Crippen MR) is 102 cm³/mol. The van der Waals surface area contributed by atoms with Crippen LogP contribution in [0.5, 0.6) is 5.75 Å². The van der Waals surface area contributed by atoms with Gasteiger partial charge in [-0.1, -0.05) is 35.6 Å². The smallest absolute Gasteiger partial charge is 0.410 e. The van der Waals surface area contributed by atoms with Crippen molar-refractivity contribution in [3.8, 4) is 5.75 Å². The van der Waals surface area contributed by atoms with Gasteiger partial charge in [0.05, 0.1) is 15.6 Å². The quantitative estimate of drug-likeness (QED) is 0.548. The van der Waals surface area contributed by atoms with Gasteiger partial charge in [-0.05, 0) is 35.9 Å². The minimum Gasteiger partial charge on any atom is -0.410 e. The van der Waals surface area contributed by atoms with Crippen molar-refractivity contribution in [2.75, 3.05) is 14.1 Å². The lowest BCUT2D eigenvalue weighted by Crippen LogP contribution is -2.25. The Kier molecular flexibility index (Phi) is 3.93. The van der Waals surface area contributed by atoms with E-state index in [-0.39, 0.29) is 5.56 Å². The average molecular weight is 365 g/mol. The second-order valence-electron chi connectivity index (χ2n) is 5.97. The summed E-state index contributed by atoms with van der Waals surface area (Å²) >= 11 is 1.35. The largest absolute Gasteiger partial charge is 0.414 e. The Bertz CT molecular complexity index is 1220. The summed E-state index contributed by atoms with van der Waals surface area (Å²) in [5.74, 6) is 0.454. The summed E-state index contributed by atoms with van der Waals surface area (Å²) < 4.78 is 7.43. The summed E-state index contributed by atoms with van der Waals surface area (Å²) in [5, 5.41) is 0. The number of ether oxygens (including phenoxy) is 1. The minimum absolute atomic E-state index is 0.0817. The van der Waals surface area contributed by atoms with Crippen LogP contribution >= 0.6 is 11.3 Å². The number of fused-ring (bicyclic) bond motifs is 3. The Morgan fingerprint density at radius 2 is 1.88 bits per heavy atom. The minimum atomic E-state index is -0.435. The fourth-order valence-electron chi connectivity index (χ4n) is 2.59. The predicted octanol–water partition coefficient (Wildman–Crippen LogP) is 2.52. The first-order chi connectivity index (χ1) is 12.5. The molecule has 2 aromatic carbocycles. The van der Waals surface area contributed by atoms with E-state index in [1.54, 1.807) is 42.8 Å². The van der Waals surface area contributed by atoms with Crippen LogP contribution in [0, 0.1) is 0 Å². The molecule has 0 aliphatic heterocycles. The van der Waals surface area contributed by atoms with Gasteiger partial charge in [0.2, 0.25) is 0 Å². The molecule has 0 saturated carbocycles. The highest BCUT2D eigenvalue weighted by atomic mass is 32.1. The van der Waals surface area contributed by atoms with Gasteiger partial charge in [-0.3, -0.25) is 4.79 Å². The van der Waals surface area contributed by atoms with Crippen molar-refractivity contribution in [3.05, 3.63) is 69.0 Å². The number of para-hydroxylation sites is 2. The lowest BCUT2D eigenvalue weighted by molar-refractivity contribution is 0.172. The first-order valence-corrected chi connectivity index (χ1v) is 8.75. The van der Waals surface area contributed by atoms with Crippen LogP contribution in [0.4, 0.5) is 4.79 Å². The van der Waals surface area contributed by atoms with Gasteiger partial charge in [-0.2, -0.15) is 0 Å². The number of aromatic nitrogens is 2. The second kappa shape index (κ2) is 6.27. The van der Waals surface area contributed by atoms with Crippen LogP contribution < -0.4 is 14.8 Å². The molecule has 4 aromatic rings. The van der Waals surface area contributed by atoms with Gasteiger partial charge < -0.3 is 9.64 Å². The maximum absolute atomic E-state index is 12.7. The molecule has 0 aliphatic carbocycles. The van der Waals surface area contributed by atoms with Gasteiger partial charge in [-0.25, -0.2) is 14.2 Å². The Balaban J connectivity index is 1.71. The molecule has 0 aliphatic rings. The van der Waals surface area contributed by atoms with Crippen molar-refractivity contribution in [3.63, 3.8) is 0 Å². The first kappa shape index (κ1) is 16.3. The molecular weight excluding hydrogens is 350 g/mol. The average Bonchev–Trinajstić information content (AvgIpc) is 3.13. The molecule has 0 saturated heterocycles. The Hall–Kier alpha value is -3.19. The van der Waals surface area contributed by atoms with Gasteiger partial charge in [-0.15, -0.1) is 0 Å². The SMILES string of the molecule is CN(C)C(=O)Oc1ccc(/C=c2\sc3nc4ccccc4n3c2=O)cc1. The number of benzene rings is 2. The monoisotopic (exact) mass is 365 g/mol. The third-order valence-electron chi connectivity index (χ3n) is 3.89. The number of rotatable bonds is 2. The summed E-state index contributed by atoms with van der Waals surface area (Å²) in [7, 11) is 3.24. The number of thiazole rings is 1. The summed E-state index contributed by atoms with van der Waals surface area (Å²) in [6, 6.07) is 14.6. The molecule has 130 valence electrons. The number of nitrogens with zero attached hydrogens (tertiary/aromatic N) is 3. The molecule has 0 atom stereocenters. The summed E-state index contributed by atoms with van der Waals surface area (Å²) in [6.07, 6.45) is 1.38. The van der Waals surface area contributed by atoms with Gasteiger partial charge in [0.15, 0.2) is 4.96 Å². The van der Waals surface area contributed by atoms with E-state index in [0.717, 1.165) is 16.6 Å². The Labute approximate surface area is 152 Å².